The predicted octanol–water partition coefficient (Wildman–Crippen LogP) is 2.37. The molecule has 26 heavy (non-hydrogen) atoms. The van der Waals surface area contributed by atoms with Gasteiger partial charge in [0, 0.05) is 23.5 Å². The Hall–Kier alpha value is -3.07. The lowest BCUT2D eigenvalue weighted by molar-refractivity contribution is 0.0479. The number of Topliss-reactive ketones (excluding diaryl/α,β-unsaturated/α-hetero) is 1. The van der Waals surface area contributed by atoms with Crippen LogP contribution in [0, 0.1) is 13.8 Å². The average Bonchev–Trinajstić information content (AvgIpc) is 3.35. The van der Waals surface area contributed by atoms with Gasteiger partial charge in [0.05, 0.1) is 5.69 Å². The first-order valence-electron chi connectivity index (χ1n) is 7.81. The average molecular weight is 371 g/mol. The Morgan fingerprint density at radius 1 is 1.38 bits per heavy atom. The minimum absolute atomic E-state index is 0.248. The number of rotatable bonds is 7. The normalized spacial score (nSPS) is 10.7. The lowest BCUT2D eigenvalue weighted by Gasteiger charge is -2.07. The van der Waals surface area contributed by atoms with E-state index in [4.69, 9.17) is 4.74 Å². The van der Waals surface area contributed by atoms with Gasteiger partial charge in [-0.3, -0.25) is 4.79 Å². The van der Waals surface area contributed by atoms with Crippen molar-refractivity contribution in [1.29, 1.82) is 0 Å². The molecule has 0 N–H and O–H groups in total. The summed E-state index contributed by atoms with van der Waals surface area (Å²) in [7, 11) is 0. The molecule has 0 aliphatic carbocycles. The van der Waals surface area contributed by atoms with Crippen LogP contribution in [0.3, 0.4) is 0 Å². The zero-order valence-corrected chi connectivity index (χ0v) is 15.2. The highest BCUT2D eigenvalue weighted by atomic mass is 32.1. The van der Waals surface area contributed by atoms with E-state index < -0.39 is 5.97 Å². The molecule has 8 nitrogen and oxygen atoms in total. The molecule has 0 atom stereocenters. The van der Waals surface area contributed by atoms with E-state index in [1.165, 1.54) is 22.3 Å². The van der Waals surface area contributed by atoms with E-state index in [2.05, 4.69) is 22.1 Å². The van der Waals surface area contributed by atoms with E-state index in [9.17, 15) is 9.59 Å². The van der Waals surface area contributed by atoms with Crippen LogP contribution in [0.2, 0.25) is 0 Å². The zero-order valence-electron chi connectivity index (χ0n) is 14.4. The van der Waals surface area contributed by atoms with Crippen LogP contribution in [-0.4, -0.2) is 43.1 Å². The van der Waals surface area contributed by atoms with E-state index in [1.807, 2.05) is 18.4 Å². The highest BCUT2D eigenvalue weighted by Gasteiger charge is 2.20. The van der Waals surface area contributed by atoms with E-state index in [0.717, 1.165) is 11.4 Å². The topological polar surface area (TPSA) is 91.9 Å². The molecule has 3 aromatic heterocycles. The number of ether oxygens (including phenoxy) is 1. The molecule has 0 bridgehead atoms. The number of hydrogen-bond acceptors (Lipinski definition) is 7. The summed E-state index contributed by atoms with van der Waals surface area (Å²) < 4.78 is 8.57. The Balaban J connectivity index is 1.71. The van der Waals surface area contributed by atoms with Crippen molar-refractivity contribution in [2.45, 2.75) is 20.4 Å². The highest BCUT2D eigenvalue weighted by molar-refractivity contribution is 7.12. The molecule has 3 heterocycles. The van der Waals surface area contributed by atoms with Gasteiger partial charge in [-0.1, -0.05) is 6.08 Å². The second kappa shape index (κ2) is 7.44. The summed E-state index contributed by atoms with van der Waals surface area (Å²) in [5.41, 5.74) is 2.84. The maximum Gasteiger partial charge on any atom is 0.351 e. The fourth-order valence-corrected chi connectivity index (χ4v) is 3.45. The Kier molecular flexibility index (Phi) is 5.08. The molecule has 0 aliphatic rings. The first-order chi connectivity index (χ1) is 12.5. The minimum atomic E-state index is -0.584. The van der Waals surface area contributed by atoms with Gasteiger partial charge in [-0.05, 0) is 41.8 Å². The molecule has 0 unspecified atom stereocenters. The van der Waals surface area contributed by atoms with Crippen molar-refractivity contribution in [2.75, 3.05) is 6.61 Å². The third-order valence-electron chi connectivity index (χ3n) is 3.95. The number of esters is 1. The van der Waals surface area contributed by atoms with Gasteiger partial charge in [-0.25, -0.2) is 4.79 Å². The zero-order chi connectivity index (χ0) is 18.7. The van der Waals surface area contributed by atoms with Crippen molar-refractivity contribution in [3.63, 3.8) is 0 Å². The van der Waals surface area contributed by atoms with Crippen LogP contribution in [0.4, 0.5) is 0 Å². The summed E-state index contributed by atoms with van der Waals surface area (Å²) in [5.74, 6) is -0.832. The molecule has 9 heteroatoms. The van der Waals surface area contributed by atoms with Crippen molar-refractivity contribution in [1.82, 2.24) is 24.8 Å². The molecule has 0 fully saturated rings. The number of tetrazole rings is 1. The van der Waals surface area contributed by atoms with Crippen LogP contribution in [0.5, 0.6) is 0 Å². The predicted molar refractivity (Wildman–Crippen MR) is 95.7 cm³/mol. The van der Waals surface area contributed by atoms with Crippen molar-refractivity contribution < 1.29 is 14.3 Å². The Bertz CT molecular complexity index is 955. The SMILES string of the molecule is C=CCn1c(C)cc(C(=O)COC(=O)c2sccc2-n2cnnn2)c1C. The summed E-state index contributed by atoms with van der Waals surface area (Å²) in [5, 5.41) is 12.6. The number of carbonyl (C=O) groups is 2. The molecule has 0 amide bonds. The second-order valence-corrected chi connectivity index (χ2v) is 6.49. The maximum atomic E-state index is 12.5. The smallest absolute Gasteiger partial charge is 0.351 e. The molecule has 0 saturated heterocycles. The number of nitrogens with zero attached hydrogens (tertiary/aromatic N) is 5. The van der Waals surface area contributed by atoms with E-state index in [-0.39, 0.29) is 12.4 Å². The molecule has 134 valence electrons. The summed E-state index contributed by atoms with van der Waals surface area (Å²) in [6, 6.07) is 3.51. The first-order valence-corrected chi connectivity index (χ1v) is 8.69. The Morgan fingerprint density at radius 3 is 2.88 bits per heavy atom. The van der Waals surface area contributed by atoms with Crippen molar-refractivity contribution in [3.05, 3.63) is 58.3 Å². The van der Waals surface area contributed by atoms with Crippen LogP contribution in [-0.2, 0) is 11.3 Å². The van der Waals surface area contributed by atoms with E-state index in [0.29, 0.717) is 22.7 Å². The van der Waals surface area contributed by atoms with Crippen molar-refractivity contribution in [2.24, 2.45) is 0 Å². The summed E-state index contributed by atoms with van der Waals surface area (Å²) in [6.07, 6.45) is 3.16. The van der Waals surface area contributed by atoms with Crippen LogP contribution in [0.1, 0.15) is 31.4 Å². The Morgan fingerprint density at radius 2 is 2.19 bits per heavy atom. The van der Waals surface area contributed by atoms with E-state index in [1.54, 1.807) is 23.6 Å². The van der Waals surface area contributed by atoms with Crippen molar-refractivity contribution >= 4 is 23.1 Å². The largest absolute Gasteiger partial charge is 0.453 e. The van der Waals surface area contributed by atoms with Gasteiger partial charge in [-0.15, -0.1) is 23.0 Å². The molecular formula is C17H17N5O3S. The number of carbonyl (C=O) groups excluding carboxylic acids is 2. The van der Waals surface area contributed by atoms with Crippen LogP contribution in [0.15, 0.2) is 36.5 Å². The number of allylic oxidation sites excluding steroid dienone is 1. The molecule has 0 aromatic carbocycles. The van der Waals surface area contributed by atoms with Gasteiger partial charge < -0.3 is 9.30 Å². The first kappa shape index (κ1) is 17.7. The lowest BCUT2D eigenvalue weighted by Crippen LogP contribution is -2.15. The summed E-state index contributed by atoms with van der Waals surface area (Å²) in [4.78, 5) is 25.2. The molecule has 0 radical (unpaired) electrons. The Labute approximate surface area is 153 Å². The second-order valence-electron chi connectivity index (χ2n) is 5.57. The lowest BCUT2D eigenvalue weighted by atomic mass is 10.1. The van der Waals surface area contributed by atoms with Crippen LogP contribution in [0.25, 0.3) is 5.69 Å². The summed E-state index contributed by atoms with van der Waals surface area (Å²) in [6.45, 7) is 7.79. The van der Waals surface area contributed by atoms with Crippen LogP contribution >= 0.6 is 11.3 Å². The quantitative estimate of drug-likeness (QED) is 0.360. The van der Waals surface area contributed by atoms with Gasteiger partial charge in [0.2, 0.25) is 5.78 Å². The molecule has 0 spiro atoms. The fraction of sp³-hybridized carbons (Fsp3) is 0.235. The van der Waals surface area contributed by atoms with Gasteiger partial charge in [0.1, 0.15) is 11.2 Å². The number of aryl methyl sites for hydroxylation is 1. The molecular weight excluding hydrogens is 354 g/mol. The monoisotopic (exact) mass is 371 g/mol. The third kappa shape index (κ3) is 3.33. The summed E-state index contributed by atoms with van der Waals surface area (Å²) >= 11 is 1.20. The highest BCUT2D eigenvalue weighted by Crippen LogP contribution is 2.21. The van der Waals surface area contributed by atoms with Crippen molar-refractivity contribution in [3.8, 4) is 5.69 Å². The van der Waals surface area contributed by atoms with Gasteiger partial charge in [-0.2, -0.15) is 4.68 Å². The third-order valence-corrected chi connectivity index (χ3v) is 4.83. The van der Waals surface area contributed by atoms with Crippen LogP contribution < -0.4 is 0 Å². The maximum absolute atomic E-state index is 12.5. The molecule has 0 aliphatic heterocycles. The number of thiophene rings is 1. The molecule has 0 saturated carbocycles. The number of aromatic nitrogens is 5. The number of ketones is 1. The van der Waals surface area contributed by atoms with Gasteiger partial charge in [0.15, 0.2) is 6.61 Å². The van der Waals surface area contributed by atoms with E-state index >= 15 is 0 Å². The molecule has 3 aromatic rings. The fourth-order valence-electron chi connectivity index (χ4n) is 2.68. The van der Waals surface area contributed by atoms with Gasteiger partial charge in [0.25, 0.3) is 0 Å². The standard InChI is InChI=1S/C17H17N5O3S/c1-4-6-21-11(2)8-13(12(21)3)15(23)9-25-17(24)16-14(5-7-26-16)22-10-18-19-20-22/h4-5,7-8,10H,1,6,9H2,2-3H3. The minimum Gasteiger partial charge on any atom is -0.453 e. The molecule has 3 rings (SSSR count). The number of hydrogen-bond donors (Lipinski definition) is 0. The van der Waals surface area contributed by atoms with Gasteiger partial charge >= 0.3 is 5.97 Å².